The SMILES string of the molecule is CCOC(=O)C1=C(C)NC(=S)NC1c1c(OC)ncnc1OC. The monoisotopic (exact) mass is 338 g/mol. The van der Waals surface area contributed by atoms with Crippen molar-refractivity contribution < 1.29 is 19.0 Å². The molecule has 0 aromatic carbocycles. The number of carbonyl (C=O) groups excluding carboxylic acids is 1. The Hall–Kier alpha value is -2.42. The largest absolute Gasteiger partial charge is 0.481 e. The van der Waals surface area contributed by atoms with Gasteiger partial charge in [-0.1, -0.05) is 0 Å². The smallest absolute Gasteiger partial charge is 0.338 e. The predicted octanol–water partition coefficient (Wildman–Crippen LogP) is 0.850. The van der Waals surface area contributed by atoms with Crippen LogP contribution in [0.4, 0.5) is 0 Å². The first-order valence-corrected chi connectivity index (χ1v) is 7.32. The second-order valence-electron chi connectivity index (χ2n) is 4.60. The summed E-state index contributed by atoms with van der Waals surface area (Å²) in [5.74, 6) is 0.104. The van der Waals surface area contributed by atoms with Crippen LogP contribution < -0.4 is 20.1 Å². The summed E-state index contributed by atoms with van der Waals surface area (Å²) in [6.07, 6.45) is 1.32. The van der Waals surface area contributed by atoms with Crippen molar-refractivity contribution in [2.75, 3.05) is 20.8 Å². The quantitative estimate of drug-likeness (QED) is 0.598. The molecule has 1 aliphatic heterocycles. The van der Waals surface area contributed by atoms with Gasteiger partial charge >= 0.3 is 5.97 Å². The highest BCUT2D eigenvalue weighted by Crippen LogP contribution is 2.37. The lowest BCUT2D eigenvalue weighted by atomic mass is 9.97. The number of hydrogen-bond donors (Lipinski definition) is 2. The molecule has 1 aliphatic rings. The fourth-order valence-corrected chi connectivity index (χ4v) is 2.60. The molecule has 0 saturated carbocycles. The number of nitrogens with one attached hydrogen (secondary N) is 2. The Kier molecular flexibility index (Phi) is 5.32. The molecule has 1 atom stereocenters. The average molecular weight is 338 g/mol. The molecular weight excluding hydrogens is 320 g/mol. The zero-order valence-electron chi connectivity index (χ0n) is 13.3. The van der Waals surface area contributed by atoms with Gasteiger partial charge in [-0.3, -0.25) is 0 Å². The van der Waals surface area contributed by atoms with Crippen LogP contribution in [0, 0.1) is 0 Å². The molecule has 8 nitrogen and oxygen atoms in total. The number of methoxy groups -OCH3 is 2. The van der Waals surface area contributed by atoms with Gasteiger partial charge in [0.1, 0.15) is 11.9 Å². The van der Waals surface area contributed by atoms with Crippen molar-refractivity contribution in [1.29, 1.82) is 0 Å². The summed E-state index contributed by atoms with van der Waals surface area (Å²) >= 11 is 5.19. The Morgan fingerprint density at radius 2 is 1.91 bits per heavy atom. The van der Waals surface area contributed by atoms with Crippen LogP contribution in [0.1, 0.15) is 25.5 Å². The normalized spacial score (nSPS) is 17.2. The van der Waals surface area contributed by atoms with Crippen molar-refractivity contribution in [1.82, 2.24) is 20.6 Å². The van der Waals surface area contributed by atoms with Crippen molar-refractivity contribution >= 4 is 23.3 Å². The van der Waals surface area contributed by atoms with E-state index < -0.39 is 12.0 Å². The van der Waals surface area contributed by atoms with E-state index in [2.05, 4.69) is 20.6 Å². The van der Waals surface area contributed by atoms with Crippen molar-refractivity contribution in [3.63, 3.8) is 0 Å². The van der Waals surface area contributed by atoms with Crippen molar-refractivity contribution in [2.24, 2.45) is 0 Å². The van der Waals surface area contributed by atoms with Crippen LogP contribution in [0.3, 0.4) is 0 Å². The van der Waals surface area contributed by atoms with Gasteiger partial charge in [-0.15, -0.1) is 0 Å². The Labute approximate surface area is 139 Å². The minimum atomic E-state index is -0.645. The molecule has 0 spiro atoms. The summed E-state index contributed by atoms with van der Waals surface area (Å²) < 4.78 is 15.7. The third-order valence-electron chi connectivity index (χ3n) is 3.25. The van der Waals surface area contributed by atoms with E-state index in [1.807, 2.05) is 0 Å². The van der Waals surface area contributed by atoms with Gasteiger partial charge in [0.05, 0.1) is 32.4 Å². The van der Waals surface area contributed by atoms with E-state index in [1.54, 1.807) is 13.8 Å². The summed E-state index contributed by atoms with van der Waals surface area (Å²) in [4.78, 5) is 20.5. The molecule has 0 bridgehead atoms. The lowest BCUT2D eigenvalue weighted by molar-refractivity contribution is -0.139. The van der Waals surface area contributed by atoms with Gasteiger partial charge in [-0.25, -0.2) is 14.8 Å². The fourth-order valence-electron chi connectivity index (χ4n) is 2.33. The van der Waals surface area contributed by atoms with E-state index in [0.717, 1.165) is 0 Å². The van der Waals surface area contributed by atoms with Gasteiger partial charge < -0.3 is 24.8 Å². The van der Waals surface area contributed by atoms with Gasteiger partial charge in [0.25, 0.3) is 0 Å². The van der Waals surface area contributed by atoms with E-state index >= 15 is 0 Å². The molecule has 0 fully saturated rings. The maximum absolute atomic E-state index is 12.4. The first-order valence-electron chi connectivity index (χ1n) is 6.91. The molecule has 0 radical (unpaired) electrons. The third kappa shape index (κ3) is 3.34. The van der Waals surface area contributed by atoms with E-state index in [0.29, 0.717) is 21.9 Å². The standard InChI is InChI=1S/C14H18N4O4S/c1-5-22-13(19)8-7(2)17-14(23)18-10(8)9-11(20-3)15-6-16-12(9)21-4/h6,10H,5H2,1-4H3,(H2,17,18,23). The van der Waals surface area contributed by atoms with E-state index in [-0.39, 0.29) is 18.4 Å². The van der Waals surface area contributed by atoms with Crippen LogP contribution >= 0.6 is 12.2 Å². The number of carbonyl (C=O) groups is 1. The van der Waals surface area contributed by atoms with Crippen molar-refractivity contribution in [2.45, 2.75) is 19.9 Å². The maximum Gasteiger partial charge on any atom is 0.338 e. The summed E-state index contributed by atoms with van der Waals surface area (Å²) in [6.45, 7) is 3.74. The van der Waals surface area contributed by atoms with Crippen molar-refractivity contribution in [3.05, 3.63) is 23.2 Å². The van der Waals surface area contributed by atoms with Crippen LogP contribution in [0.15, 0.2) is 17.6 Å². The van der Waals surface area contributed by atoms with Crippen LogP contribution in [0.25, 0.3) is 0 Å². The summed E-state index contributed by atoms with van der Waals surface area (Å²) in [5, 5.41) is 6.31. The molecule has 9 heteroatoms. The first-order chi connectivity index (χ1) is 11.0. The topological polar surface area (TPSA) is 94.6 Å². The molecule has 1 aromatic rings. The van der Waals surface area contributed by atoms with E-state index in [4.69, 9.17) is 26.4 Å². The Morgan fingerprint density at radius 1 is 1.30 bits per heavy atom. The van der Waals surface area contributed by atoms with Gasteiger partial charge in [0, 0.05) is 5.70 Å². The van der Waals surface area contributed by atoms with Crippen LogP contribution in [0.5, 0.6) is 11.8 Å². The minimum absolute atomic E-state index is 0.256. The number of allylic oxidation sites excluding steroid dienone is 1. The molecule has 2 heterocycles. The lowest BCUT2D eigenvalue weighted by Crippen LogP contribution is -2.45. The zero-order valence-corrected chi connectivity index (χ0v) is 14.1. The third-order valence-corrected chi connectivity index (χ3v) is 3.47. The molecule has 23 heavy (non-hydrogen) atoms. The predicted molar refractivity (Wildman–Crippen MR) is 86.1 cm³/mol. The number of aromatic nitrogens is 2. The Bertz CT molecular complexity index is 640. The zero-order chi connectivity index (χ0) is 17.0. The Balaban J connectivity index is 2.61. The van der Waals surface area contributed by atoms with E-state index in [9.17, 15) is 4.79 Å². The van der Waals surface area contributed by atoms with Crippen LogP contribution in [-0.4, -0.2) is 41.9 Å². The minimum Gasteiger partial charge on any atom is -0.481 e. The Morgan fingerprint density at radius 3 is 2.43 bits per heavy atom. The van der Waals surface area contributed by atoms with Crippen LogP contribution in [0.2, 0.25) is 0 Å². The van der Waals surface area contributed by atoms with Crippen LogP contribution in [-0.2, 0) is 9.53 Å². The first kappa shape index (κ1) is 16.9. The molecule has 0 aliphatic carbocycles. The highest BCUT2D eigenvalue weighted by atomic mass is 32.1. The second-order valence-corrected chi connectivity index (χ2v) is 5.00. The average Bonchev–Trinajstić information content (AvgIpc) is 2.53. The number of nitrogens with zero attached hydrogens (tertiary/aromatic N) is 2. The summed E-state index contributed by atoms with van der Waals surface area (Å²) in [5.41, 5.74) is 1.43. The maximum atomic E-state index is 12.4. The van der Waals surface area contributed by atoms with Gasteiger partial charge in [-0.2, -0.15) is 0 Å². The number of thiocarbonyl (C=S) groups is 1. The van der Waals surface area contributed by atoms with Gasteiger partial charge in [0.15, 0.2) is 5.11 Å². The molecule has 0 saturated heterocycles. The highest BCUT2D eigenvalue weighted by Gasteiger charge is 2.35. The molecule has 1 unspecified atom stereocenters. The number of hydrogen-bond acceptors (Lipinski definition) is 7. The summed E-state index contributed by atoms with van der Waals surface area (Å²) in [7, 11) is 2.95. The van der Waals surface area contributed by atoms with E-state index in [1.165, 1.54) is 20.5 Å². The van der Waals surface area contributed by atoms with Crippen molar-refractivity contribution in [3.8, 4) is 11.8 Å². The number of esters is 1. The summed E-state index contributed by atoms with van der Waals surface area (Å²) in [6, 6.07) is -0.645. The molecule has 0 amide bonds. The number of ether oxygens (including phenoxy) is 3. The fraction of sp³-hybridized carbons (Fsp3) is 0.429. The molecule has 2 rings (SSSR count). The molecular formula is C14H18N4O4S. The second kappa shape index (κ2) is 7.23. The van der Waals surface area contributed by atoms with Gasteiger partial charge in [-0.05, 0) is 26.1 Å². The molecule has 2 N–H and O–H groups in total. The highest BCUT2D eigenvalue weighted by molar-refractivity contribution is 7.80. The lowest BCUT2D eigenvalue weighted by Gasteiger charge is -2.30. The molecule has 124 valence electrons. The van der Waals surface area contributed by atoms with Gasteiger partial charge in [0.2, 0.25) is 11.8 Å². The molecule has 1 aromatic heterocycles. The number of rotatable bonds is 5.